The van der Waals surface area contributed by atoms with E-state index in [1.165, 1.54) is 11.0 Å². The Morgan fingerprint density at radius 3 is 2.16 bits per heavy atom. The van der Waals surface area contributed by atoms with Crippen molar-refractivity contribution in [1.29, 1.82) is 0 Å². The monoisotopic (exact) mass is 530 g/mol. The predicted octanol–water partition coefficient (Wildman–Crippen LogP) is 1.75. The van der Waals surface area contributed by atoms with Crippen molar-refractivity contribution < 1.29 is 43.2 Å². The molecule has 0 saturated heterocycles. The van der Waals surface area contributed by atoms with E-state index in [1.807, 2.05) is 0 Å². The molecule has 0 aromatic heterocycles. The maximum Gasteiger partial charge on any atom is 0.344 e. The predicted molar refractivity (Wildman–Crippen MR) is 134 cm³/mol. The molecule has 0 unspecified atom stereocenters. The summed E-state index contributed by atoms with van der Waals surface area (Å²) in [5.41, 5.74) is 7.20. The number of phenols is 1. The largest absolute Gasteiger partial charge is 0.507 e. The Morgan fingerprint density at radius 1 is 1.00 bits per heavy atom. The van der Waals surface area contributed by atoms with E-state index in [0.717, 1.165) is 6.07 Å². The molecular formula is C25H26N2O9S. The number of ether oxygens (including phenoxy) is 4. The maximum absolute atomic E-state index is 13.1. The van der Waals surface area contributed by atoms with Gasteiger partial charge in [-0.3, -0.25) is 9.59 Å². The number of aromatic hydroxyl groups is 1. The van der Waals surface area contributed by atoms with Gasteiger partial charge in [0.2, 0.25) is 0 Å². The summed E-state index contributed by atoms with van der Waals surface area (Å²) in [5.74, 6) is -2.93. The van der Waals surface area contributed by atoms with Gasteiger partial charge in [0.1, 0.15) is 10.7 Å². The number of amides is 1. The molecule has 196 valence electrons. The zero-order valence-corrected chi connectivity index (χ0v) is 21.1. The van der Waals surface area contributed by atoms with Crippen molar-refractivity contribution in [3.8, 4) is 17.2 Å². The highest BCUT2D eigenvalue weighted by Gasteiger charge is 2.30. The molecule has 2 aromatic carbocycles. The molecule has 1 amide bonds. The first-order chi connectivity index (χ1) is 17.6. The third kappa shape index (κ3) is 6.73. The molecule has 3 N–H and O–H groups in total. The molecule has 0 radical (unpaired) electrons. The normalized spacial score (nSPS) is 12.1. The number of ketones is 1. The lowest BCUT2D eigenvalue weighted by Gasteiger charge is -2.17. The van der Waals surface area contributed by atoms with E-state index in [0.29, 0.717) is 16.7 Å². The van der Waals surface area contributed by atoms with Crippen molar-refractivity contribution in [1.82, 2.24) is 4.90 Å². The van der Waals surface area contributed by atoms with Crippen molar-refractivity contribution in [3.63, 3.8) is 0 Å². The Morgan fingerprint density at radius 2 is 1.59 bits per heavy atom. The number of carbonyl (C=O) groups is 4. The van der Waals surface area contributed by atoms with Gasteiger partial charge in [-0.05, 0) is 37.6 Å². The van der Waals surface area contributed by atoms with Crippen LogP contribution in [0.2, 0.25) is 0 Å². The fraction of sp³-hybridized carbons (Fsp3) is 0.320. The number of carbonyl (C=O) groups excluding carboxylic acids is 4. The number of phenolic OH excluding ortho intramolecular Hbond substituents is 1. The van der Waals surface area contributed by atoms with Crippen LogP contribution in [-0.4, -0.2) is 71.6 Å². The summed E-state index contributed by atoms with van der Waals surface area (Å²) in [6, 6.07) is 7.20. The van der Waals surface area contributed by atoms with Crippen LogP contribution in [0, 0.1) is 0 Å². The number of thiocarbonyl (C=S) groups is 1. The fourth-order valence-corrected chi connectivity index (χ4v) is 3.72. The Bertz CT molecular complexity index is 1240. The van der Waals surface area contributed by atoms with E-state index in [-0.39, 0.29) is 54.3 Å². The number of fused-ring (bicyclic) bond motifs is 1. The van der Waals surface area contributed by atoms with Crippen molar-refractivity contribution in [2.24, 2.45) is 5.73 Å². The standard InChI is InChI=1S/C25H26N2O9S/c1-3-33-22(30)12-35-20-8-17(18(28)9-21(20)36-13-23(31)34-4-2)19(29)11-27-10-15-7-14(24(26)37)5-6-16(15)25(27)32/h5-9,28H,3-4,10-13H2,1-2H3,(H2,26,37). The molecule has 3 rings (SSSR count). The van der Waals surface area contributed by atoms with Gasteiger partial charge in [0, 0.05) is 23.7 Å². The van der Waals surface area contributed by atoms with Gasteiger partial charge in [-0.15, -0.1) is 0 Å². The summed E-state index contributed by atoms with van der Waals surface area (Å²) in [6.45, 7) is 2.36. The maximum atomic E-state index is 13.1. The van der Waals surface area contributed by atoms with Crippen molar-refractivity contribution >= 4 is 40.8 Å². The highest BCUT2D eigenvalue weighted by Crippen LogP contribution is 2.35. The van der Waals surface area contributed by atoms with Gasteiger partial charge in [0.25, 0.3) is 5.91 Å². The van der Waals surface area contributed by atoms with Gasteiger partial charge in [-0.1, -0.05) is 18.3 Å². The summed E-state index contributed by atoms with van der Waals surface area (Å²) >= 11 is 4.98. The van der Waals surface area contributed by atoms with Crippen LogP contribution in [0.3, 0.4) is 0 Å². The summed E-state index contributed by atoms with van der Waals surface area (Å²) in [6.07, 6.45) is 0. The quantitative estimate of drug-likeness (QED) is 0.234. The highest BCUT2D eigenvalue weighted by molar-refractivity contribution is 7.80. The molecule has 12 heteroatoms. The Kier molecular flexibility index (Phi) is 9.01. The van der Waals surface area contributed by atoms with E-state index in [4.69, 9.17) is 36.9 Å². The van der Waals surface area contributed by atoms with Crippen molar-refractivity contribution in [3.05, 3.63) is 52.6 Å². The number of benzene rings is 2. The topological polar surface area (TPSA) is 155 Å². The summed E-state index contributed by atoms with van der Waals surface area (Å²) in [4.78, 5) is 50.9. The number of Topliss-reactive ketones (excluding diaryl/α,β-unsaturated/α-hetero) is 1. The lowest BCUT2D eigenvalue weighted by atomic mass is 10.1. The number of rotatable bonds is 12. The van der Waals surface area contributed by atoms with E-state index < -0.39 is 36.7 Å². The molecule has 1 aliphatic rings. The van der Waals surface area contributed by atoms with Gasteiger partial charge >= 0.3 is 11.9 Å². The van der Waals surface area contributed by atoms with Gasteiger partial charge in [-0.25, -0.2) is 9.59 Å². The van der Waals surface area contributed by atoms with Crippen LogP contribution < -0.4 is 15.2 Å². The second-order valence-electron chi connectivity index (χ2n) is 7.82. The minimum atomic E-state index is -0.670. The van der Waals surface area contributed by atoms with Crippen LogP contribution in [0.25, 0.3) is 0 Å². The molecule has 0 bridgehead atoms. The summed E-state index contributed by atoms with van der Waals surface area (Å²) in [5, 5.41) is 10.5. The molecule has 2 aromatic rings. The Hall–Kier alpha value is -4.19. The van der Waals surface area contributed by atoms with Crippen LogP contribution in [0.4, 0.5) is 0 Å². The van der Waals surface area contributed by atoms with Gasteiger partial charge in [-0.2, -0.15) is 0 Å². The minimum absolute atomic E-state index is 0.0874. The van der Waals surface area contributed by atoms with Crippen molar-refractivity contribution in [2.45, 2.75) is 20.4 Å². The van der Waals surface area contributed by atoms with Crippen LogP contribution in [0.15, 0.2) is 30.3 Å². The minimum Gasteiger partial charge on any atom is -0.507 e. The smallest absolute Gasteiger partial charge is 0.344 e. The summed E-state index contributed by atoms with van der Waals surface area (Å²) in [7, 11) is 0. The van der Waals surface area contributed by atoms with Crippen LogP contribution >= 0.6 is 12.2 Å². The molecule has 0 fully saturated rings. The zero-order valence-electron chi connectivity index (χ0n) is 20.3. The highest BCUT2D eigenvalue weighted by atomic mass is 32.1. The fourth-order valence-electron chi connectivity index (χ4n) is 3.60. The SMILES string of the molecule is CCOC(=O)COc1cc(O)c(C(=O)CN2Cc3cc(C(N)=S)ccc3C2=O)cc1OCC(=O)OCC. The Labute approximate surface area is 218 Å². The van der Waals surface area contributed by atoms with E-state index >= 15 is 0 Å². The number of nitrogens with zero attached hydrogens (tertiary/aromatic N) is 1. The van der Waals surface area contributed by atoms with E-state index in [1.54, 1.807) is 32.0 Å². The number of nitrogens with two attached hydrogens (primary N) is 1. The number of esters is 2. The lowest BCUT2D eigenvalue weighted by Crippen LogP contribution is -2.30. The molecular weight excluding hydrogens is 504 g/mol. The second-order valence-corrected chi connectivity index (χ2v) is 8.26. The van der Waals surface area contributed by atoms with Crippen LogP contribution in [0.1, 0.15) is 45.7 Å². The molecule has 0 atom stereocenters. The third-order valence-corrected chi connectivity index (χ3v) is 5.50. The average Bonchev–Trinajstić information content (AvgIpc) is 3.16. The van der Waals surface area contributed by atoms with Crippen molar-refractivity contribution in [2.75, 3.05) is 33.0 Å². The van der Waals surface area contributed by atoms with E-state index in [2.05, 4.69) is 0 Å². The van der Waals surface area contributed by atoms with Gasteiger partial charge < -0.3 is 34.7 Å². The third-order valence-electron chi connectivity index (χ3n) is 5.27. The lowest BCUT2D eigenvalue weighted by molar-refractivity contribution is -0.146. The first kappa shape index (κ1) is 27.4. The molecule has 0 aliphatic carbocycles. The molecule has 0 saturated carbocycles. The molecule has 1 aliphatic heterocycles. The summed E-state index contributed by atoms with van der Waals surface area (Å²) < 4.78 is 20.5. The molecule has 37 heavy (non-hydrogen) atoms. The van der Waals surface area contributed by atoms with Gasteiger partial charge in [0.15, 0.2) is 30.5 Å². The van der Waals surface area contributed by atoms with Gasteiger partial charge in [0.05, 0.1) is 25.3 Å². The number of hydrogen-bond acceptors (Lipinski definition) is 10. The molecule has 1 heterocycles. The molecule has 11 nitrogen and oxygen atoms in total. The second kappa shape index (κ2) is 12.2. The zero-order chi connectivity index (χ0) is 27.1. The van der Waals surface area contributed by atoms with Crippen LogP contribution in [0.5, 0.6) is 17.2 Å². The first-order valence-electron chi connectivity index (χ1n) is 11.3. The average molecular weight is 531 g/mol. The first-order valence-corrected chi connectivity index (χ1v) is 11.7. The van der Waals surface area contributed by atoms with E-state index in [9.17, 15) is 24.3 Å². The molecule has 0 spiro atoms. The number of hydrogen-bond donors (Lipinski definition) is 2. The Balaban J connectivity index is 1.81. The van der Waals surface area contributed by atoms with Crippen LogP contribution in [-0.2, 0) is 25.6 Å².